The number of carbonyl (C=O) groups excluding carboxylic acids is 1. The topological polar surface area (TPSA) is 35.6 Å². The Kier molecular flexibility index (Phi) is 3.32. The van der Waals surface area contributed by atoms with Crippen molar-refractivity contribution in [3.8, 4) is 0 Å². The highest BCUT2D eigenvalue weighted by Crippen LogP contribution is 2.31. The summed E-state index contributed by atoms with van der Waals surface area (Å²) in [4.78, 5) is 17.1. The molecule has 0 aromatic carbocycles. The molecule has 3 fully saturated rings. The number of carbonyl (C=O) groups is 1. The van der Waals surface area contributed by atoms with Crippen LogP contribution < -0.4 is 5.32 Å². The molecule has 3 aliphatic heterocycles. The molecular formula is C14H25N3O. The van der Waals surface area contributed by atoms with E-state index in [0.717, 1.165) is 18.9 Å². The molecule has 0 radical (unpaired) electrons. The zero-order valence-electron chi connectivity index (χ0n) is 11.6. The van der Waals surface area contributed by atoms with E-state index >= 15 is 0 Å². The summed E-state index contributed by atoms with van der Waals surface area (Å²) < 4.78 is 0. The monoisotopic (exact) mass is 251 g/mol. The lowest BCUT2D eigenvalue weighted by Crippen LogP contribution is -2.51. The molecule has 0 aromatic heterocycles. The fourth-order valence-corrected chi connectivity index (χ4v) is 4.02. The third kappa shape index (κ3) is 1.95. The van der Waals surface area contributed by atoms with Crippen LogP contribution in [0.5, 0.6) is 0 Å². The maximum atomic E-state index is 12.3. The fraction of sp³-hybridized carbons (Fsp3) is 0.929. The summed E-state index contributed by atoms with van der Waals surface area (Å²) in [5, 5.41) is 3.42. The first-order valence-corrected chi connectivity index (χ1v) is 7.53. The van der Waals surface area contributed by atoms with Crippen molar-refractivity contribution in [1.82, 2.24) is 15.1 Å². The van der Waals surface area contributed by atoms with E-state index in [0.29, 0.717) is 11.9 Å². The first-order chi connectivity index (χ1) is 8.70. The SMILES string of the molecule is CCC1NC(C)C(=O)N1C1CCN2CCCC2C1. The molecule has 1 amide bonds. The van der Waals surface area contributed by atoms with E-state index in [9.17, 15) is 4.79 Å². The van der Waals surface area contributed by atoms with Gasteiger partial charge in [0.2, 0.25) is 5.91 Å². The smallest absolute Gasteiger partial charge is 0.240 e. The summed E-state index contributed by atoms with van der Waals surface area (Å²) in [6.07, 6.45) is 6.31. The van der Waals surface area contributed by atoms with Crippen molar-refractivity contribution < 1.29 is 4.79 Å². The van der Waals surface area contributed by atoms with Crippen LogP contribution in [0.25, 0.3) is 0 Å². The van der Waals surface area contributed by atoms with Crippen LogP contribution in [-0.2, 0) is 4.79 Å². The molecule has 0 saturated carbocycles. The second-order valence-corrected chi connectivity index (χ2v) is 6.07. The lowest BCUT2D eigenvalue weighted by molar-refractivity contribution is -0.133. The van der Waals surface area contributed by atoms with Gasteiger partial charge in [-0.1, -0.05) is 6.92 Å². The van der Waals surface area contributed by atoms with E-state index in [1.54, 1.807) is 0 Å². The summed E-state index contributed by atoms with van der Waals surface area (Å²) >= 11 is 0. The molecule has 0 aromatic rings. The standard InChI is InChI=1S/C14H25N3O/c1-3-13-15-10(2)14(18)17(13)12-6-8-16-7-4-5-11(16)9-12/h10-13,15H,3-9H2,1-2H3. The predicted molar refractivity (Wildman–Crippen MR) is 71.1 cm³/mol. The van der Waals surface area contributed by atoms with Crippen molar-refractivity contribution in [2.75, 3.05) is 13.1 Å². The Balaban J connectivity index is 1.71. The highest BCUT2D eigenvalue weighted by Gasteiger charge is 2.42. The number of hydrogen-bond acceptors (Lipinski definition) is 3. The Hall–Kier alpha value is -0.610. The van der Waals surface area contributed by atoms with Gasteiger partial charge in [0.1, 0.15) is 0 Å². The van der Waals surface area contributed by atoms with Crippen LogP contribution in [0.15, 0.2) is 0 Å². The highest BCUT2D eigenvalue weighted by atomic mass is 16.2. The highest BCUT2D eigenvalue weighted by molar-refractivity contribution is 5.84. The van der Waals surface area contributed by atoms with Gasteiger partial charge in [-0.15, -0.1) is 0 Å². The van der Waals surface area contributed by atoms with Crippen molar-refractivity contribution >= 4 is 5.91 Å². The molecule has 0 aliphatic carbocycles. The van der Waals surface area contributed by atoms with Crippen LogP contribution in [0.3, 0.4) is 0 Å². The van der Waals surface area contributed by atoms with Crippen LogP contribution in [0.4, 0.5) is 0 Å². The lowest BCUT2D eigenvalue weighted by atomic mass is 9.95. The van der Waals surface area contributed by atoms with Crippen LogP contribution in [0.2, 0.25) is 0 Å². The number of fused-ring (bicyclic) bond motifs is 1. The van der Waals surface area contributed by atoms with E-state index < -0.39 is 0 Å². The summed E-state index contributed by atoms with van der Waals surface area (Å²) in [5.74, 6) is 0.318. The van der Waals surface area contributed by atoms with Gasteiger partial charge in [0.25, 0.3) is 0 Å². The van der Waals surface area contributed by atoms with E-state index in [1.165, 1.54) is 32.4 Å². The molecule has 102 valence electrons. The molecule has 1 N–H and O–H groups in total. The Bertz CT molecular complexity index is 333. The third-order valence-electron chi connectivity index (χ3n) is 4.98. The van der Waals surface area contributed by atoms with Gasteiger partial charge in [0.15, 0.2) is 0 Å². The Labute approximate surface area is 110 Å². The zero-order chi connectivity index (χ0) is 12.7. The van der Waals surface area contributed by atoms with Gasteiger partial charge in [-0.2, -0.15) is 0 Å². The molecule has 3 heterocycles. The molecule has 0 bridgehead atoms. The minimum absolute atomic E-state index is 0.0107. The Morgan fingerprint density at radius 1 is 1.28 bits per heavy atom. The van der Waals surface area contributed by atoms with E-state index in [4.69, 9.17) is 0 Å². The minimum atomic E-state index is 0.0107. The second-order valence-electron chi connectivity index (χ2n) is 6.07. The molecule has 18 heavy (non-hydrogen) atoms. The van der Waals surface area contributed by atoms with Gasteiger partial charge >= 0.3 is 0 Å². The predicted octanol–water partition coefficient (Wildman–Crippen LogP) is 1.17. The lowest BCUT2D eigenvalue weighted by Gasteiger charge is -2.41. The average Bonchev–Trinajstić information content (AvgIpc) is 2.94. The summed E-state index contributed by atoms with van der Waals surface area (Å²) in [6, 6.07) is 1.22. The van der Waals surface area contributed by atoms with Gasteiger partial charge in [0, 0.05) is 18.6 Å². The van der Waals surface area contributed by atoms with Crippen LogP contribution in [0, 0.1) is 0 Å². The van der Waals surface area contributed by atoms with Crippen molar-refractivity contribution in [1.29, 1.82) is 0 Å². The maximum absolute atomic E-state index is 12.3. The molecule has 3 rings (SSSR count). The number of nitrogens with one attached hydrogen (secondary N) is 1. The van der Waals surface area contributed by atoms with Gasteiger partial charge in [-0.25, -0.2) is 0 Å². The fourth-order valence-electron chi connectivity index (χ4n) is 4.02. The average molecular weight is 251 g/mol. The quantitative estimate of drug-likeness (QED) is 0.800. The van der Waals surface area contributed by atoms with Gasteiger partial charge < -0.3 is 9.80 Å². The Morgan fingerprint density at radius 3 is 2.89 bits per heavy atom. The van der Waals surface area contributed by atoms with Crippen molar-refractivity contribution in [2.24, 2.45) is 0 Å². The van der Waals surface area contributed by atoms with E-state index in [-0.39, 0.29) is 12.2 Å². The van der Waals surface area contributed by atoms with Gasteiger partial charge in [-0.05, 0) is 45.6 Å². The van der Waals surface area contributed by atoms with E-state index in [1.807, 2.05) is 6.92 Å². The molecule has 4 unspecified atom stereocenters. The minimum Gasteiger partial charge on any atom is -0.323 e. The largest absolute Gasteiger partial charge is 0.323 e. The molecular weight excluding hydrogens is 226 g/mol. The van der Waals surface area contributed by atoms with Gasteiger partial charge in [0.05, 0.1) is 12.2 Å². The molecule has 4 nitrogen and oxygen atoms in total. The van der Waals surface area contributed by atoms with Crippen LogP contribution in [0.1, 0.15) is 46.0 Å². The van der Waals surface area contributed by atoms with E-state index in [2.05, 4.69) is 22.0 Å². The molecule has 0 spiro atoms. The second kappa shape index (κ2) is 4.82. The molecule has 4 heteroatoms. The number of piperidine rings is 1. The number of hydrogen-bond donors (Lipinski definition) is 1. The Morgan fingerprint density at radius 2 is 2.11 bits per heavy atom. The molecule has 3 saturated heterocycles. The third-order valence-corrected chi connectivity index (χ3v) is 4.98. The first kappa shape index (κ1) is 12.4. The number of rotatable bonds is 2. The summed E-state index contributed by atoms with van der Waals surface area (Å²) in [7, 11) is 0. The van der Waals surface area contributed by atoms with Crippen LogP contribution in [-0.4, -0.2) is 53.1 Å². The zero-order valence-corrected chi connectivity index (χ0v) is 11.6. The summed E-state index contributed by atoms with van der Waals surface area (Å²) in [6.45, 7) is 6.62. The van der Waals surface area contributed by atoms with Crippen LogP contribution >= 0.6 is 0 Å². The first-order valence-electron chi connectivity index (χ1n) is 7.53. The number of nitrogens with zero attached hydrogens (tertiary/aromatic N) is 2. The number of amides is 1. The van der Waals surface area contributed by atoms with Crippen molar-refractivity contribution in [2.45, 2.75) is 70.2 Å². The normalized spacial score (nSPS) is 41.4. The molecule has 4 atom stereocenters. The maximum Gasteiger partial charge on any atom is 0.240 e. The summed E-state index contributed by atoms with van der Waals surface area (Å²) in [5.41, 5.74) is 0. The van der Waals surface area contributed by atoms with Gasteiger partial charge in [-0.3, -0.25) is 10.1 Å². The van der Waals surface area contributed by atoms with Crippen molar-refractivity contribution in [3.05, 3.63) is 0 Å². The molecule has 3 aliphatic rings. The van der Waals surface area contributed by atoms with Crippen molar-refractivity contribution in [3.63, 3.8) is 0 Å².